The second kappa shape index (κ2) is 3.94. The van der Waals surface area contributed by atoms with E-state index in [1.54, 1.807) is 0 Å². The molecule has 18 heavy (non-hydrogen) atoms. The average molecular weight is 239 g/mol. The van der Waals surface area contributed by atoms with Gasteiger partial charge in [-0.15, -0.1) is 0 Å². The summed E-state index contributed by atoms with van der Waals surface area (Å²) in [5.41, 5.74) is 9.03. The minimum absolute atomic E-state index is 0.0118. The standard InChI is InChI=1S/C16H17NO/c1-11(10-17)16(18)14-8-4-2-6-12(14)13-7-3-5-9-15(13)16/h2-9,11,18H,10,17H2,1H3/t11-/m1/s1. The molecular formula is C16H17NO. The van der Waals surface area contributed by atoms with Crippen LogP contribution in [-0.4, -0.2) is 11.7 Å². The molecule has 2 nitrogen and oxygen atoms in total. The lowest BCUT2D eigenvalue weighted by Gasteiger charge is -2.31. The molecule has 0 unspecified atom stereocenters. The Labute approximate surface area is 107 Å². The van der Waals surface area contributed by atoms with Gasteiger partial charge in [-0.05, 0) is 28.8 Å². The summed E-state index contributed by atoms with van der Waals surface area (Å²) in [5.74, 6) is -0.0118. The average Bonchev–Trinajstić information content (AvgIpc) is 2.70. The normalized spacial score (nSPS) is 17.1. The molecule has 2 aromatic rings. The highest BCUT2D eigenvalue weighted by Crippen LogP contribution is 2.50. The van der Waals surface area contributed by atoms with Crippen LogP contribution in [0.2, 0.25) is 0 Å². The predicted octanol–water partition coefficient (Wildman–Crippen LogP) is 2.50. The molecule has 1 aliphatic rings. The van der Waals surface area contributed by atoms with Gasteiger partial charge in [0.15, 0.2) is 0 Å². The molecule has 0 amide bonds. The van der Waals surface area contributed by atoms with Gasteiger partial charge >= 0.3 is 0 Å². The first-order valence-corrected chi connectivity index (χ1v) is 6.31. The van der Waals surface area contributed by atoms with Crippen molar-refractivity contribution >= 4 is 0 Å². The zero-order chi connectivity index (χ0) is 12.8. The van der Waals surface area contributed by atoms with Crippen molar-refractivity contribution in [2.45, 2.75) is 12.5 Å². The first-order chi connectivity index (χ1) is 8.69. The smallest absolute Gasteiger partial charge is 0.120 e. The fourth-order valence-electron chi connectivity index (χ4n) is 2.95. The molecule has 0 heterocycles. The minimum Gasteiger partial charge on any atom is -0.380 e. The van der Waals surface area contributed by atoms with Crippen molar-refractivity contribution in [2.75, 3.05) is 6.54 Å². The first-order valence-electron chi connectivity index (χ1n) is 6.31. The molecule has 1 atom stereocenters. The Bertz CT molecular complexity index is 546. The SMILES string of the molecule is C[C@H](CN)C1(O)c2ccccc2-c2ccccc21. The van der Waals surface area contributed by atoms with Crippen LogP contribution in [0.25, 0.3) is 11.1 Å². The zero-order valence-corrected chi connectivity index (χ0v) is 10.4. The summed E-state index contributed by atoms with van der Waals surface area (Å²) >= 11 is 0. The molecule has 3 rings (SSSR count). The maximum atomic E-state index is 11.2. The number of nitrogens with two attached hydrogens (primary N) is 1. The Morgan fingerprint density at radius 1 is 1.00 bits per heavy atom. The number of hydrogen-bond acceptors (Lipinski definition) is 2. The number of hydrogen-bond donors (Lipinski definition) is 2. The van der Waals surface area contributed by atoms with Crippen molar-refractivity contribution in [1.29, 1.82) is 0 Å². The third-order valence-corrected chi connectivity index (χ3v) is 4.03. The lowest BCUT2D eigenvalue weighted by Crippen LogP contribution is -2.37. The Balaban J connectivity index is 2.33. The van der Waals surface area contributed by atoms with Crippen LogP contribution in [0.5, 0.6) is 0 Å². The summed E-state index contributed by atoms with van der Waals surface area (Å²) in [6, 6.07) is 16.1. The monoisotopic (exact) mass is 239 g/mol. The third kappa shape index (κ3) is 1.30. The lowest BCUT2D eigenvalue weighted by molar-refractivity contribution is 0.0321. The molecule has 0 bridgehead atoms. The van der Waals surface area contributed by atoms with Crippen molar-refractivity contribution < 1.29 is 5.11 Å². The van der Waals surface area contributed by atoms with E-state index in [-0.39, 0.29) is 5.92 Å². The van der Waals surface area contributed by atoms with Gasteiger partial charge < -0.3 is 10.8 Å². The molecule has 0 aromatic heterocycles. The Morgan fingerprint density at radius 3 is 1.89 bits per heavy atom. The second-order valence-electron chi connectivity index (χ2n) is 4.99. The number of benzene rings is 2. The van der Waals surface area contributed by atoms with Gasteiger partial charge in [-0.3, -0.25) is 0 Å². The molecule has 0 radical (unpaired) electrons. The van der Waals surface area contributed by atoms with Crippen molar-refractivity contribution in [3.05, 3.63) is 59.7 Å². The maximum absolute atomic E-state index is 11.2. The van der Waals surface area contributed by atoms with Gasteiger partial charge in [0.2, 0.25) is 0 Å². The van der Waals surface area contributed by atoms with Crippen LogP contribution in [0.15, 0.2) is 48.5 Å². The van der Waals surface area contributed by atoms with E-state index in [4.69, 9.17) is 5.73 Å². The highest BCUT2D eigenvalue weighted by Gasteiger charge is 2.44. The van der Waals surface area contributed by atoms with E-state index in [1.807, 2.05) is 43.3 Å². The van der Waals surface area contributed by atoms with E-state index in [0.29, 0.717) is 6.54 Å². The summed E-state index contributed by atoms with van der Waals surface area (Å²) in [6.45, 7) is 2.46. The van der Waals surface area contributed by atoms with E-state index in [1.165, 1.54) is 0 Å². The molecule has 0 fully saturated rings. The number of aliphatic hydroxyl groups is 1. The predicted molar refractivity (Wildman–Crippen MR) is 73.1 cm³/mol. The van der Waals surface area contributed by atoms with Crippen LogP contribution >= 0.6 is 0 Å². The largest absolute Gasteiger partial charge is 0.380 e. The van der Waals surface area contributed by atoms with Gasteiger partial charge in [-0.2, -0.15) is 0 Å². The first kappa shape index (κ1) is 11.5. The molecule has 0 saturated heterocycles. The van der Waals surface area contributed by atoms with Crippen molar-refractivity contribution in [3.8, 4) is 11.1 Å². The fourth-order valence-corrected chi connectivity index (χ4v) is 2.95. The van der Waals surface area contributed by atoms with Gasteiger partial charge in [0.1, 0.15) is 5.60 Å². The van der Waals surface area contributed by atoms with E-state index >= 15 is 0 Å². The summed E-state index contributed by atoms with van der Waals surface area (Å²) in [7, 11) is 0. The van der Waals surface area contributed by atoms with Crippen LogP contribution in [0, 0.1) is 5.92 Å². The summed E-state index contributed by atoms with van der Waals surface area (Å²) in [5, 5.41) is 11.2. The molecular weight excluding hydrogens is 222 g/mol. The summed E-state index contributed by atoms with van der Waals surface area (Å²) < 4.78 is 0. The van der Waals surface area contributed by atoms with Crippen LogP contribution in [0.3, 0.4) is 0 Å². The van der Waals surface area contributed by atoms with E-state index in [9.17, 15) is 5.11 Å². The third-order valence-electron chi connectivity index (χ3n) is 4.03. The molecule has 0 aliphatic heterocycles. The second-order valence-corrected chi connectivity index (χ2v) is 4.99. The van der Waals surface area contributed by atoms with E-state index in [2.05, 4.69) is 12.1 Å². The quantitative estimate of drug-likeness (QED) is 0.845. The van der Waals surface area contributed by atoms with Crippen molar-refractivity contribution in [3.63, 3.8) is 0 Å². The molecule has 92 valence electrons. The summed E-state index contributed by atoms with van der Waals surface area (Å²) in [4.78, 5) is 0. The van der Waals surface area contributed by atoms with E-state index < -0.39 is 5.60 Å². The highest BCUT2D eigenvalue weighted by molar-refractivity contribution is 5.80. The Morgan fingerprint density at radius 2 is 1.44 bits per heavy atom. The van der Waals surface area contributed by atoms with Crippen molar-refractivity contribution in [2.24, 2.45) is 11.7 Å². The van der Waals surface area contributed by atoms with Gasteiger partial charge in [-0.25, -0.2) is 0 Å². The van der Waals surface area contributed by atoms with Crippen molar-refractivity contribution in [1.82, 2.24) is 0 Å². The molecule has 2 aromatic carbocycles. The molecule has 1 aliphatic carbocycles. The summed E-state index contributed by atoms with van der Waals surface area (Å²) in [6.07, 6.45) is 0. The van der Waals surface area contributed by atoms with E-state index in [0.717, 1.165) is 22.3 Å². The zero-order valence-electron chi connectivity index (χ0n) is 10.4. The van der Waals surface area contributed by atoms with Gasteiger partial charge in [-0.1, -0.05) is 55.5 Å². The topological polar surface area (TPSA) is 46.2 Å². The van der Waals surface area contributed by atoms with Crippen LogP contribution < -0.4 is 5.73 Å². The van der Waals surface area contributed by atoms with Crippen LogP contribution in [0.1, 0.15) is 18.1 Å². The van der Waals surface area contributed by atoms with Crippen LogP contribution in [0.4, 0.5) is 0 Å². The number of rotatable bonds is 2. The minimum atomic E-state index is -0.956. The Hall–Kier alpha value is -1.64. The van der Waals surface area contributed by atoms with Gasteiger partial charge in [0.05, 0.1) is 0 Å². The maximum Gasteiger partial charge on any atom is 0.120 e. The molecule has 0 saturated carbocycles. The fraction of sp³-hybridized carbons (Fsp3) is 0.250. The lowest BCUT2D eigenvalue weighted by atomic mass is 9.80. The van der Waals surface area contributed by atoms with Crippen LogP contribution in [-0.2, 0) is 5.60 Å². The van der Waals surface area contributed by atoms with Gasteiger partial charge in [0, 0.05) is 5.92 Å². The highest BCUT2D eigenvalue weighted by atomic mass is 16.3. The number of fused-ring (bicyclic) bond motifs is 3. The van der Waals surface area contributed by atoms with Gasteiger partial charge in [0.25, 0.3) is 0 Å². The molecule has 2 heteroatoms. The Kier molecular flexibility index (Phi) is 2.51. The molecule has 3 N–H and O–H groups in total. The molecule has 0 spiro atoms.